The van der Waals surface area contributed by atoms with Crippen LogP contribution < -0.4 is 10.2 Å². The molecule has 2 aromatic rings. The van der Waals surface area contributed by atoms with Gasteiger partial charge in [0.2, 0.25) is 5.91 Å². The molecule has 4 rings (SSSR count). The average Bonchev–Trinajstić information content (AvgIpc) is 2.85. The van der Waals surface area contributed by atoms with E-state index < -0.39 is 17.5 Å². The van der Waals surface area contributed by atoms with Gasteiger partial charge in [0.05, 0.1) is 5.69 Å². The van der Waals surface area contributed by atoms with E-state index in [9.17, 15) is 14.4 Å². The van der Waals surface area contributed by atoms with Crippen molar-refractivity contribution in [2.45, 2.75) is 36.0 Å². The maximum absolute atomic E-state index is 13.2. The lowest BCUT2D eigenvalue weighted by atomic mass is 9.92. The predicted molar refractivity (Wildman–Crippen MR) is 118 cm³/mol. The van der Waals surface area contributed by atoms with E-state index in [1.165, 1.54) is 0 Å². The summed E-state index contributed by atoms with van der Waals surface area (Å²) in [5.41, 5.74) is 0.207. The number of thioether (sulfide) groups is 1. The molecule has 4 amide bonds. The molecule has 1 saturated heterocycles. The lowest BCUT2D eigenvalue weighted by Crippen LogP contribution is -2.45. The van der Waals surface area contributed by atoms with Crippen molar-refractivity contribution < 1.29 is 14.4 Å². The molecule has 8 heteroatoms. The summed E-state index contributed by atoms with van der Waals surface area (Å²) in [6.45, 7) is 4.01. The van der Waals surface area contributed by atoms with Gasteiger partial charge >= 0.3 is 6.03 Å². The summed E-state index contributed by atoms with van der Waals surface area (Å²) >= 11 is 7.67. The SMILES string of the molecule is C[C@@H]1CCN(C(=O)CN2C(=O)N[C@](C)(c3ccc(Cl)cc3)C2=O)c2ccccc2S1. The van der Waals surface area contributed by atoms with E-state index in [0.717, 1.165) is 21.9 Å². The summed E-state index contributed by atoms with van der Waals surface area (Å²) in [5, 5.41) is 3.64. The highest BCUT2D eigenvalue weighted by Gasteiger charge is 2.49. The van der Waals surface area contributed by atoms with Crippen LogP contribution in [0.2, 0.25) is 5.02 Å². The fraction of sp³-hybridized carbons (Fsp3) is 0.318. The highest BCUT2D eigenvalue weighted by atomic mass is 35.5. The molecule has 6 nitrogen and oxygen atoms in total. The van der Waals surface area contributed by atoms with Crippen LogP contribution in [0.4, 0.5) is 10.5 Å². The monoisotopic (exact) mass is 443 g/mol. The molecule has 2 heterocycles. The zero-order valence-corrected chi connectivity index (χ0v) is 18.3. The van der Waals surface area contributed by atoms with E-state index in [1.807, 2.05) is 24.3 Å². The van der Waals surface area contributed by atoms with Gasteiger partial charge in [-0.2, -0.15) is 0 Å². The normalized spacial score (nSPS) is 23.8. The lowest BCUT2D eigenvalue weighted by Gasteiger charge is -2.25. The summed E-state index contributed by atoms with van der Waals surface area (Å²) < 4.78 is 0. The molecule has 0 bridgehead atoms. The number of carbonyl (C=O) groups excluding carboxylic acids is 3. The first kappa shape index (κ1) is 20.8. The van der Waals surface area contributed by atoms with Crippen LogP contribution in [0.5, 0.6) is 0 Å². The molecule has 0 saturated carbocycles. The Hall–Kier alpha value is -2.51. The van der Waals surface area contributed by atoms with E-state index in [1.54, 1.807) is 47.9 Å². The minimum Gasteiger partial charge on any atom is -0.319 e. The molecule has 2 aromatic carbocycles. The molecule has 30 heavy (non-hydrogen) atoms. The van der Waals surface area contributed by atoms with Crippen molar-refractivity contribution in [1.29, 1.82) is 0 Å². The second-order valence-electron chi connectivity index (χ2n) is 7.68. The number of carbonyl (C=O) groups is 3. The molecule has 0 unspecified atom stereocenters. The van der Waals surface area contributed by atoms with Crippen molar-refractivity contribution in [3.05, 3.63) is 59.1 Å². The first-order valence-corrected chi connectivity index (χ1v) is 11.0. The Morgan fingerprint density at radius 3 is 2.63 bits per heavy atom. The number of benzene rings is 2. The quantitative estimate of drug-likeness (QED) is 0.727. The van der Waals surface area contributed by atoms with Gasteiger partial charge < -0.3 is 10.2 Å². The number of hydrogen-bond donors (Lipinski definition) is 1. The van der Waals surface area contributed by atoms with Gasteiger partial charge in [0.25, 0.3) is 5.91 Å². The number of urea groups is 1. The molecule has 0 radical (unpaired) electrons. The third kappa shape index (κ3) is 3.68. The Morgan fingerprint density at radius 2 is 1.90 bits per heavy atom. The van der Waals surface area contributed by atoms with Crippen molar-refractivity contribution in [2.75, 3.05) is 18.0 Å². The number of halogens is 1. The van der Waals surface area contributed by atoms with Crippen LogP contribution in [0.3, 0.4) is 0 Å². The van der Waals surface area contributed by atoms with Gasteiger partial charge in [0, 0.05) is 21.7 Å². The molecule has 2 atom stereocenters. The smallest absolute Gasteiger partial charge is 0.319 e. The number of nitrogens with zero attached hydrogens (tertiary/aromatic N) is 2. The fourth-order valence-corrected chi connectivity index (χ4v) is 5.02. The van der Waals surface area contributed by atoms with E-state index >= 15 is 0 Å². The summed E-state index contributed by atoms with van der Waals surface area (Å²) in [5.74, 6) is -0.727. The summed E-state index contributed by atoms with van der Waals surface area (Å²) in [7, 11) is 0. The second-order valence-corrected chi connectivity index (χ2v) is 9.60. The molecular formula is C22H22ClN3O3S. The van der Waals surface area contributed by atoms with Crippen molar-refractivity contribution in [3.63, 3.8) is 0 Å². The third-order valence-corrected chi connectivity index (χ3v) is 7.02. The number of imide groups is 1. The van der Waals surface area contributed by atoms with Crippen LogP contribution >= 0.6 is 23.4 Å². The van der Waals surface area contributed by atoms with Gasteiger partial charge in [-0.05, 0) is 43.2 Å². The average molecular weight is 444 g/mol. The highest BCUT2D eigenvalue weighted by Crippen LogP contribution is 2.37. The molecule has 2 aliphatic heterocycles. The molecule has 1 fully saturated rings. The van der Waals surface area contributed by atoms with E-state index in [-0.39, 0.29) is 12.5 Å². The minimum absolute atomic E-state index is 0.277. The highest BCUT2D eigenvalue weighted by molar-refractivity contribution is 8.00. The summed E-state index contributed by atoms with van der Waals surface area (Å²) in [6, 6.07) is 13.9. The van der Waals surface area contributed by atoms with Crippen LogP contribution in [-0.2, 0) is 15.1 Å². The predicted octanol–water partition coefficient (Wildman–Crippen LogP) is 4.02. The number of rotatable bonds is 3. The molecule has 1 N–H and O–H groups in total. The Bertz CT molecular complexity index is 1010. The van der Waals surface area contributed by atoms with Crippen molar-refractivity contribution in [1.82, 2.24) is 10.2 Å². The minimum atomic E-state index is -1.23. The van der Waals surface area contributed by atoms with Crippen LogP contribution in [-0.4, -0.2) is 41.1 Å². The first-order chi connectivity index (χ1) is 14.3. The Balaban J connectivity index is 1.57. The van der Waals surface area contributed by atoms with Gasteiger partial charge in [-0.3, -0.25) is 14.5 Å². The number of hydrogen-bond acceptors (Lipinski definition) is 4. The van der Waals surface area contributed by atoms with Crippen LogP contribution in [0.1, 0.15) is 25.8 Å². The summed E-state index contributed by atoms with van der Waals surface area (Å²) in [4.78, 5) is 42.7. The van der Waals surface area contributed by atoms with Gasteiger partial charge in [0.15, 0.2) is 0 Å². The zero-order chi connectivity index (χ0) is 21.5. The molecule has 0 spiro atoms. The number of nitrogens with one attached hydrogen (secondary N) is 1. The fourth-order valence-electron chi connectivity index (χ4n) is 3.79. The Labute approximate surface area is 184 Å². The Morgan fingerprint density at radius 1 is 1.20 bits per heavy atom. The van der Waals surface area contributed by atoms with Crippen molar-refractivity contribution in [2.24, 2.45) is 0 Å². The maximum Gasteiger partial charge on any atom is 0.325 e. The summed E-state index contributed by atoms with van der Waals surface area (Å²) in [6.07, 6.45) is 0.827. The topological polar surface area (TPSA) is 69.7 Å². The van der Waals surface area contributed by atoms with Gasteiger partial charge in [-0.15, -0.1) is 11.8 Å². The van der Waals surface area contributed by atoms with Crippen molar-refractivity contribution in [3.8, 4) is 0 Å². The Kier molecular flexibility index (Phi) is 5.51. The van der Waals surface area contributed by atoms with Gasteiger partial charge in [-0.25, -0.2) is 4.79 Å². The van der Waals surface area contributed by atoms with E-state index in [2.05, 4.69) is 12.2 Å². The van der Waals surface area contributed by atoms with Crippen LogP contribution in [0, 0.1) is 0 Å². The zero-order valence-electron chi connectivity index (χ0n) is 16.7. The molecule has 0 aromatic heterocycles. The number of fused-ring (bicyclic) bond motifs is 1. The number of amides is 4. The van der Waals surface area contributed by atoms with E-state index in [4.69, 9.17) is 11.6 Å². The maximum atomic E-state index is 13.2. The second kappa shape index (κ2) is 7.96. The number of anilines is 1. The third-order valence-electron chi connectivity index (χ3n) is 5.53. The number of para-hydroxylation sites is 1. The molecule has 156 valence electrons. The van der Waals surface area contributed by atoms with Crippen molar-refractivity contribution >= 4 is 46.9 Å². The van der Waals surface area contributed by atoms with Gasteiger partial charge in [0.1, 0.15) is 12.1 Å². The molecule has 0 aliphatic carbocycles. The first-order valence-electron chi connectivity index (χ1n) is 9.76. The van der Waals surface area contributed by atoms with E-state index in [0.29, 0.717) is 22.4 Å². The largest absolute Gasteiger partial charge is 0.325 e. The van der Waals surface area contributed by atoms with Crippen LogP contribution in [0.25, 0.3) is 0 Å². The van der Waals surface area contributed by atoms with Crippen LogP contribution in [0.15, 0.2) is 53.4 Å². The van der Waals surface area contributed by atoms with Gasteiger partial charge in [-0.1, -0.05) is 42.8 Å². The molecule has 2 aliphatic rings. The standard InChI is InChI=1S/C22H22ClN3O3S/c1-14-11-12-25(17-5-3-4-6-18(17)30-14)19(27)13-26-20(28)22(2,24-21(26)29)15-7-9-16(23)10-8-15/h3-10,14H,11-13H2,1-2H3,(H,24,29)/t14-,22-/m1/s1. The molecular weight excluding hydrogens is 422 g/mol. The lowest BCUT2D eigenvalue weighted by molar-refractivity contribution is -0.134.